The second kappa shape index (κ2) is 10.5. The molecule has 1 atom stereocenters. The third-order valence-corrected chi connectivity index (χ3v) is 6.05. The Hall–Kier alpha value is -3.71. The first-order chi connectivity index (χ1) is 16.5. The van der Waals surface area contributed by atoms with Crippen molar-refractivity contribution in [3.05, 3.63) is 116 Å². The van der Waals surface area contributed by atoms with E-state index < -0.39 is 23.3 Å². The minimum atomic E-state index is -0.930. The van der Waals surface area contributed by atoms with E-state index in [0.29, 0.717) is 17.4 Å². The van der Waals surface area contributed by atoms with Crippen molar-refractivity contribution in [1.29, 1.82) is 0 Å². The Morgan fingerprint density at radius 2 is 1.62 bits per heavy atom. The van der Waals surface area contributed by atoms with Crippen molar-refractivity contribution in [3.8, 4) is 0 Å². The van der Waals surface area contributed by atoms with Crippen molar-refractivity contribution < 1.29 is 14.3 Å². The molecule has 1 N–H and O–H groups in total. The van der Waals surface area contributed by atoms with E-state index in [1.807, 2.05) is 77.4 Å². The lowest BCUT2D eigenvalue weighted by molar-refractivity contribution is -0.142. The second-order valence-electron chi connectivity index (χ2n) is 7.89. The number of aromatic nitrogens is 1. The summed E-state index contributed by atoms with van der Waals surface area (Å²) in [5.74, 6) is -1.20. The van der Waals surface area contributed by atoms with Crippen LogP contribution < -0.4 is 10.7 Å². The quantitative estimate of drug-likeness (QED) is 0.369. The van der Waals surface area contributed by atoms with Gasteiger partial charge in [-0.2, -0.15) is 0 Å². The second-order valence-corrected chi connectivity index (χ2v) is 8.80. The summed E-state index contributed by atoms with van der Waals surface area (Å²) >= 11 is 3.42. The molecule has 0 aliphatic carbocycles. The van der Waals surface area contributed by atoms with E-state index in [2.05, 4.69) is 21.2 Å². The van der Waals surface area contributed by atoms with Gasteiger partial charge in [0.05, 0.1) is 12.6 Å². The van der Waals surface area contributed by atoms with Crippen LogP contribution in [0.2, 0.25) is 0 Å². The van der Waals surface area contributed by atoms with Crippen molar-refractivity contribution in [2.45, 2.75) is 19.0 Å². The largest absolute Gasteiger partial charge is 0.467 e. The molecule has 0 saturated heterocycles. The first-order valence-electron chi connectivity index (χ1n) is 10.8. The molecule has 0 bridgehead atoms. The maximum absolute atomic E-state index is 13.3. The standard InChI is InChI=1S/C27H23BrN2O4/c1-34-27(33)23(14-18-8-4-2-5-9-18)29-26(32)22-17-30(16-19-10-6-3-7-11-19)24-13-12-20(28)15-21(24)25(22)31/h2-13,15,17,23H,14,16H2,1H3,(H,29,32)/t23-/m0/s1. The molecular formula is C27H23BrN2O4. The van der Waals surface area contributed by atoms with Gasteiger partial charge in [-0.15, -0.1) is 0 Å². The van der Waals surface area contributed by atoms with E-state index in [1.165, 1.54) is 7.11 Å². The SMILES string of the molecule is COC(=O)[C@H](Cc1ccccc1)NC(=O)c1cn(Cc2ccccc2)c2ccc(Br)cc2c1=O. The zero-order valence-corrected chi connectivity index (χ0v) is 20.1. The lowest BCUT2D eigenvalue weighted by atomic mass is 10.0. The Balaban J connectivity index is 1.73. The van der Waals surface area contributed by atoms with Crippen LogP contribution in [0.5, 0.6) is 0 Å². The van der Waals surface area contributed by atoms with Crippen LogP contribution in [0.1, 0.15) is 21.5 Å². The van der Waals surface area contributed by atoms with Gasteiger partial charge < -0.3 is 14.6 Å². The highest BCUT2D eigenvalue weighted by atomic mass is 79.9. The number of nitrogens with zero attached hydrogens (tertiary/aromatic N) is 1. The molecule has 0 fully saturated rings. The third-order valence-electron chi connectivity index (χ3n) is 5.56. The summed E-state index contributed by atoms with van der Waals surface area (Å²) < 4.78 is 7.50. The predicted molar refractivity (Wildman–Crippen MR) is 135 cm³/mol. The van der Waals surface area contributed by atoms with Gasteiger partial charge >= 0.3 is 5.97 Å². The zero-order valence-electron chi connectivity index (χ0n) is 18.5. The van der Waals surface area contributed by atoms with Gasteiger partial charge in [-0.3, -0.25) is 9.59 Å². The maximum Gasteiger partial charge on any atom is 0.328 e. The average molecular weight is 519 g/mol. The minimum absolute atomic E-state index is 0.0384. The number of ether oxygens (including phenoxy) is 1. The number of rotatable bonds is 7. The van der Waals surface area contributed by atoms with E-state index in [9.17, 15) is 14.4 Å². The van der Waals surface area contributed by atoms with E-state index in [1.54, 1.807) is 12.3 Å². The van der Waals surface area contributed by atoms with Crippen molar-refractivity contribution in [2.24, 2.45) is 0 Å². The smallest absolute Gasteiger partial charge is 0.328 e. The van der Waals surface area contributed by atoms with Gasteiger partial charge in [0.25, 0.3) is 5.91 Å². The Labute approximate surface area is 205 Å². The molecule has 1 heterocycles. The first-order valence-corrected chi connectivity index (χ1v) is 11.5. The predicted octanol–water partition coefficient (Wildman–Crippen LogP) is 4.33. The molecule has 0 aliphatic heterocycles. The first kappa shape index (κ1) is 23.4. The zero-order chi connectivity index (χ0) is 24.1. The van der Waals surface area contributed by atoms with Crippen molar-refractivity contribution in [3.63, 3.8) is 0 Å². The van der Waals surface area contributed by atoms with Crippen molar-refractivity contribution in [1.82, 2.24) is 9.88 Å². The number of nitrogens with one attached hydrogen (secondary N) is 1. The van der Waals surface area contributed by atoms with Crippen LogP contribution in [0.3, 0.4) is 0 Å². The lowest BCUT2D eigenvalue weighted by Crippen LogP contribution is -2.44. The molecule has 0 saturated carbocycles. The molecule has 6 nitrogen and oxygen atoms in total. The molecule has 0 unspecified atom stereocenters. The van der Waals surface area contributed by atoms with Gasteiger partial charge in [0, 0.05) is 29.0 Å². The fourth-order valence-electron chi connectivity index (χ4n) is 3.86. The van der Waals surface area contributed by atoms with E-state index >= 15 is 0 Å². The van der Waals surface area contributed by atoms with Crippen LogP contribution in [0, 0.1) is 0 Å². The van der Waals surface area contributed by atoms with Crippen LogP contribution in [0.15, 0.2) is 94.3 Å². The van der Waals surface area contributed by atoms with Crippen LogP contribution in [-0.2, 0) is 22.5 Å². The van der Waals surface area contributed by atoms with Gasteiger partial charge in [0.1, 0.15) is 11.6 Å². The molecule has 1 aromatic heterocycles. The number of fused-ring (bicyclic) bond motifs is 1. The number of carbonyl (C=O) groups is 2. The summed E-state index contributed by atoms with van der Waals surface area (Å²) in [5.41, 5.74) is 2.16. The van der Waals surface area contributed by atoms with Gasteiger partial charge in [-0.05, 0) is 29.3 Å². The fourth-order valence-corrected chi connectivity index (χ4v) is 4.22. The number of hydrogen-bond acceptors (Lipinski definition) is 4. The average Bonchev–Trinajstić information content (AvgIpc) is 2.86. The minimum Gasteiger partial charge on any atom is -0.467 e. The third kappa shape index (κ3) is 5.26. The topological polar surface area (TPSA) is 77.4 Å². The number of carbonyl (C=O) groups excluding carboxylic acids is 2. The van der Waals surface area contributed by atoms with Gasteiger partial charge in [-0.25, -0.2) is 4.79 Å². The van der Waals surface area contributed by atoms with Crippen LogP contribution in [-0.4, -0.2) is 29.6 Å². The van der Waals surface area contributed by atoms with Gasteiger partial charge in [-0.1, -0.05) is 76.6 Å². The molecule has 4 aromatic rings. The summed E-state index contributed by atoms with van der Waals surface area (Å²) in [4.78, 5) is 39.0. The molecule has 3 aromatic carbocycles. The van der Waals surface area contributed by atoms with E-state index in [0.717, 1.165) is 15.6 Å². The molecule has 0 spiro atoms. The van der Waals surface area contributed by atoms with Crippen LogP contribution in [0.4, 0.5) is 0 Å². The monoisotopic (exact) mass is 518 g/mol. The summed E-state index contributed by atoms with van der Waals surface area (Å²) in [7, 11) is 1.27. The summed E-state index contributed by atoms with van der Waals surface area (Å²) in [6.07, 6.45) is 1.80. The Kier molecular flexibility index (Phi) is 7.23. The number of halogens is 1. The molecular weight excluding hydrogens is 496 g/mol. The van der Waals surface area contributed by atoms with E-state index in [-0.39, 0.29) is 12.0 Å². The molecule has 0 aliphatic rings. The number of pyridine rings is 1. The normalized spacial score (nSPS) is 11.7. The molecule has 34 heavy (non-hydrogen) atoms. The number of amides is 1. The fraction of sp³-hybridized carbons (Fsp3) is 0.148. The Morgan fingerprint density at radius 1 is 0.971 bits per heavy atom. The van der Waals surface area contributed by atoms with Crippen molar-refractivity contribution in [2.75, 3.05) is 7.11 Å². The number of methoxy groups -OCH3 is 1. The van der Waals surface area contributed by atoms with Crippen LogP contribution >= 0.6 is 15.9 Å². The number of benzene rings is 3. The molecule has 7 heteroatoms. The Bertz CT molecular complexity index is 1380. The lowest BCUT2D eigenvalue weighted by Gasteiger charge is -2.18. The van der Waals surface area contributed by atoms with E-state index in [4.69, 9.17) is 4.74 Å². The van der Waals surface area contributed by atoms with Gasteiger partial charge in [0.2, 0.25) is 5.43 Å². The molecule has 0 radical (unpaired) electrons. The molecule has 172 valence electrons. The highest BCUT2D eigenvalue weighted by Gasteiger charge is 2.25. The highest BCUT2D eigenvalue weighted by molar-refractivity contribution is 9.10. The molecule has 4 rings (SSSR count). The summed E-state index contributed by atoms with van der Waals surface area (Å²) in [5, 5.41) is 3.12. The van der Waals surface area contributed by atoms with Crippen molar-refractivity contribution >= 4 is 38.7 Å². The Morgan fingerprint density at radius 3 is 2.26 bits per heavy atom. The van der Waals surface area contributed by atoms with Gasteiger partial charge in [0.15, 0.2) is 0 Å². The van der Waals surface area contributed by atoms with Crippen LogP contribution in [0.25, 0.3) is 10.9 Å². The summed E-state index contributed by atoms with van der Waals surface area (Å²) in [6, 6.07) is 23.6. The highest BCUT2D eigenvalue weighted by Crippen LogP contribution is 2.19. The maximum atomic E-state index is 13.3. The number of hydrogen-bond donors (Lipinski definition) is 1. The summed E-state index contributed by atoms with van der Waals surface area (Å²) in [6.45, 7) is 0.476. The number of esters is 1. The molecule has 1 amide bonds.